The van der Waals surface area contributed by atoms with Crippen LogP contribution in [0.3, 0.4) is 0 Å². The van der Waals surface area contributed by atoms with Crippen LogP contribution < -0.4 is 0 Å². The number of carbonyl (C=O) groups is 2. The predicted molar refractivity (Wildman–Crippen MR) is 48.1 cm³/mol. The van der Waals surface area contributed by atoms with Gasteiger partial charge in [0.1, 0.15) is 0 Å². The van der Waals surface area contributed by atoms with E-state index >= 15 is 0 Å². The second-order valence-corrected chi connectivity index (χ2v) is 5.33. The highest BCUT2D eigenvalue weighted by atomic mass is 32.2. The number of hydrogen-bond donors (Lipinski definition) is 0. The molecule has 2 heterocycles. The molecule has 2 aliphatic rings. The molecule has 0 N–H and O–H groups in total. The number of nitrogens with zero attached hydrogens (tertiary/aromatic N) is 1. The summed E-state index contributed by atoms with van der Waals surface area (Å²) in [5.74, 6) is -1.08. The predicted octanol–water partition coefficient (Wildman–Crippen LogP) is -0.901. The molecule has 0 bridgehead atoms. The summed E-state index contributed by atoms with van der Waals surface area (Å²) in [6.07, 6.45) is 1.66. The Bertz CT molecular complexity index is 423. The molecule has 5 nitrogen and oxygen atoms in total. The van der Waals surface area contributed by atoms with Crippen LogP contribution in [-0.2, 0) is 19.4 Å². The molecule has 6 heteroatoms. The van der Waals surface area contributed by atoms with Crippen LogP contribution in [0.4, 0.5) is 0 Å². The number of Topliss-reactive ketones (excluding diaryl/α,β-unsaturated/α-hetero) is 1. The van der Waals surface area contributed by atoms with Crippen molar-refractivity contribution in [3.63, 3.8) is 0 Å². The largest absolute Gasteiger partial charge is 0.328 e. The highest BCUT2D eigenvalue weighted by Crippen LogP contribution is 2.18. The van der Waals surface area contributed by atoms with Gasteiger partial charge in [0.25, 0.3) is 5.91 Å². The average Bonchev–Trinajstić information content (AvgIpc) is 2.59. The summed E-state index contributed by atoms with van der Waals surface area (Å²) in [6.45, 7) is 0.336. The second-order valence-electron chi connectivity index (χ2n) is 3.40. The molecule has 14 heavy (non-hydrogen) atoms. The highest BCUT2D eigenvalue weighted by Gasteiger charge is 2.37. The molecular formula is C8H9NO4S. The lowest BCUT2D eigenvalue weighted by Gasteiger charge is -2.19. The zero-order valence-corrected chi connectivity index (χ0v) is 8.16. The first-order valence-electron chi connectivity index (χ1n) is 4.24. The van der Waals surface area contributed by atoms with Crippen molar-refractivity contribution in [1.29, 1.82) is 0 Å². The van der Waals surface area contributed by atoms with Gasteiger partial charge in [-0.05, 0) is 6.08 Å². The standard InChI is InChI=1S/C8H9NO4S/c10-7-1-3-9(8(7)11)6-2-4-14(12,13)5-6/h2,4,6H,1,3,5H2. The van der Waals surface area contributed by atoms with Gasteiger partial charge in [-0.3, -0.25) is 9.59 Å². The minimum absolute atomic E-state index is 0.0913. The Hall–Kier alpha value is -1.17. The van der Waals surface area contributed by atoms with Crippen molar-refractivity contribution in [2.75, 3.05) is 12.3 Å². The normalized spacial score (nSPS) is 30.3. The maximum atomic E-state index is 11.3. The van der Waals surface area contributed by atoms with Crippen molar-refractivity contribution >= 4 is 21.5 Å². The smallest absolute Gasteiger partial charge is 0.290 e. The molecule has 1 fully saturated rings. The Morgan fingerprint density at radius 2 is 2.07 bits per heavy atom. The van der Waals surface area contributed by atoms with Crippen molar-refractivity contribution < 1.29 is 18.0 Å². The van der Waals surface area contributed by atoms with Crippen LogP contribution in [0, 0.1) is 0 Å². The van der Waals surface area contributed by atoms with Gasteiger partial charge in [-0.25, -0.2) is 8.42 Å². The summed E-state index contributed by atoms with van der Waals surface area (Å²) in [6, 6.07) is -0.445. The van der Waals surface area contributed by atoms with E-state index in [4.69, 9.17) is 0 Å². The van der Waals surface area contributed by atoms with E-state index in [1.165, 1.54) is 11.0 Å². The van der Waals surface area contributed by atoms with Gasteiger partial charge in [-0.1, -0.05) is 0 Å². The lowest BCUT2D eigenvalue weighted by atomic mass is 10.3. The van der Waals surface area contributed by atoms with Crippen LogP contribution in [0.2, 0.25) is 0 Å². The maximum absolute atomic E-state index is 11.3. The third-order valence-electron chi connectivity index (χ3n) is 2.39. The molecule has 1 saturated heterocycles. The molecule has 2 rings (SSSR count). The van der Waals surface area contributed by atoms with Gasteiger partial charge in [0.15, 0.2) is 9.84 Å². The van der Waals surface area contributed by atoms with Crippen LogP contribution in [0.1, 0.15) is 6.42 Å². The van der Waals surface area contributed by atoms with Crippen molar-refractivity contribution in [2.24, 2.45) is 0 Å². The van der Waals surface area contributed by atoms with E-state index in [1.807, 2.05) is 0 Å². The number of carbonyl (C=O) groups excluding carboxylic acids is 2. The van der Waals surface area contributed by atoms with Crippen molar-refractivity contribution in [1.82, 2.24) is 4.90 Å². The first-order chi connectivity index (χ1) is 6.49. The van der Waals surface area contributed by atoms with E-state index in [-0.39, 0.29) is 12.2 Å². The number of rotatable bonds is 1. The number of likely N-dealkylation sites (tertiary alicyclic amines) is 1. The Morgan fingerprint density at radius 1 is 1.36 bits per heavy atom. The van der Waals surface area contributed by atoms with Crippen LogP contribution in [0.15, 0.2) is 11.5 Å². The third-order valence-corrected chi connectivity index (χ3v) is 3.77. The Labute approximate surface area is 81.3 Å². The second kappa shape index (κ2) is 2.91. The summed E-state index contributed by atoms with van der Waals surface area (Å²) < 4.78 is 22.2. The van der Waals surface area contributed by atoms with Crippen LogP contribution in [-0.4, -0.2) is 43.3 Å². The first kappa shape index (κ1) is 9.39. The molecule has 0 aromatic rings. The van der Waals surface area contributed by atoms with Gasteiger partial charge >= 0.3 is 0 Å². The van der Waals surface area contributed by atoms with Crippen molar-refractivity contribution in [2.45, 2.75) is 12.5 Å². The number of ketones is 1. The fraction of sp³-hybridized carbons (Fsp3) is 0.500. The van der Waals surface area contributed by atoms with E-state index < -0.39 is 27.6 Å². The van der Waals surface area contributed by atoms with E-state index in [0.717, 1.165) is 5.41 Å². The summed E-state index contributed by atoms with van der Waals surface area (Å²) in [5, 5.41) is 1.10. The molecule has 2 aliphatic heterocycles. The van der Waals surface area contributed by atoms with Gasteiger partial charge < -0.3 is 4.90 Å². The van der Waals surface area contributed by atoms with Gasteiger partial charge in [0.2, 0.25) is 5.78 Å². The molecule has 0 radical (unpaired) electrons. The lowest BCUT2D eigenvalue weighted by molar-refractivity contribution is -0.140. The number of sulfone groups is 1. The summed E-state index contributed by atoms with van der Waals surface area (Å²) in [7, 11) is -3.16. The summed E-state index contributed by atoms with van der Waals surface area (Å²) >= 11 is 0. The summed E-state index contributed by atoms with van der Waals surface area (Å²) in [4.78, 5) is 23.5. The first-order valence-corrected chi connectivity index (χ1v) is 5.96. The van der Waals surface area contributed by atoms with E-state index in [1.54, 1.807) is 0 Å². The van der Waals surface area contributed by atoms with Crippen LogP contribution in [0.25, 0.3) is 0 Å². The topological polar surface area (TPSA) is 71.5 Å². The Kier molecular flexibility index (Phi) is 1.95. The molecule has 76 valence electrons. The van der Waals surface area contributed by atoms with E-state index in [9.17, 15) is 18.0 Å². The fourth-order valence-corrected chi connectivity index (χ4v) is 2.96. The van der Waals surface area contributed by atoms with Crippen molar-refractivity contribution in [3.8, 4) is 0 Å². The molecule has 1 atom stereocenters. The van der Waals surface area contributed by atoms with Crippen LogP contribution in [0.5, 0.6) is 0 Å². The van der Waals surface area contributed by atoms with E-state index in [0.29, 0.717) is 6.54 Å². The minimum atomic E-state index is -3.16. The number of amides is 1. The quantitative estimate of drug-likeness (QED) is 0.531. The molecule has 1 amide bonds. The molecular weight excluding hydrogens is 206 g/mol. The van der Waals surface area contributed by atoms with Gasteiger partial charge in [0, 0.05) is 18.4 Å². The average molecular weight is 215 g/mol. The molecule has 0 aromatic carbocycles. The monoisotopic (exact) mass is 215 g/mol. The lowest BCUT2D eigenvalue weighted by Crippen LogP contribution is -2.38. The zero-order valence-electron chi connectivity index (χ0n) is 7.34. The molecule has 0 spiro atoms. The molecule has 0 saturated carbocycles. The SMILES string of the molecule is O=C1CCN(C2C=CS(=O)(=O)C2)C1=O. The minimum Gasteiger partial charge on any atom is -0.328 e. The zero-order chi connectivity index (χ0) is 10.3. The van der Waals surface area contributed by atoms with E-state index in [2.05, 4.69) is 0 Å². The van der Waals surface area contributed by atoms with Crippen LogP contribution >= 0.6 is 0 Å². The number of hydrogen-bond acceptors (Lipinski definition) is 4. The maximum Gasteiger partial charge on any atom is 0.290 e. The van der Waals surface area contributed by atoms with Gasteiger partial charge in [-0.15, -0.1) is 0 Å². The molecule has 1 unspecified atom stereocenters. The summed E-state index contributed by atoms with van der Waals surface area (Å²) in [5.41, 5.74) is 0. The Balaban J connectivity index is 2.17. The molecule has 0 aromatic heterocycles. The van der Waals surface area contributed by atoms with Crippen molar-refractivity contribution in [3.05, 3.63) is 11.5 Å². The third kappa shape index (κ3) is 1.45. The highest BCUT2D eigenvalue weighted by molar-refractivity contribution is 7.94. The fourth-order valence-electron chi connectivity index (χ4n) is 1.66. The Morgan fingerprint density at radius 3 is 2.50 bits per heavy atom. The van der Waals surface area contributed by atoms with Gasteiger partial charge in [-0.2, -0.15) is 0 Å². The van der Waals surface area contributed by atoms with Gasteiger partial charge in [0.05, 0.1) is 11.8 Å². The molecule has 0 aliphatic carbocycles.